The van der Waals surface area contributed by atoms with Crippen molar-refractivity contribution in [3.63, 3.8) is 0 Å². The van der Waals surface area contributed by atoms with Crippen molar-refractivity contribution in [2.75, 3.05) is 7.11 Å². The molecule has 19 heavy (non-hydrogen) atoms. The summed E-state index contributed by atoms with van der Waals surface area (Å²) in [6, 6.07) is 7.35. The summed E-state index contributed by atoms with van der Waals surface area (Å²) in [5.74, 6) is 0.987. The van der Waals surface area contributed by atoms with Gasteiger partial charge in [0.2, 0.25) is 0 Å². The van der Waals surface area contributed by atoms with E-state index in [1.165, 1.54) is 30.4 Å². The van der Waals surface area contributed by atoms with Crippen molar-refractivity contribution in [1.29, 1.82) is 0 Å². The fourth-order valence-corrected chi connectivity index (χ4v) is 3.22. The van der Waals surface area contributed by atoms with E-state index in [0.717, 1.165) is 5.75 Å². The topological polar surface area (TPSA) is 21.3 Å². The van der Waals surface area contributed by atoms with Crippen molar-refractivity contribution in [3.05, 3.63) is 29.3 Å². The molecule has 0 heterocycles. The van der Waals surface area contributed by atoms with E-state index < -0.39 is 0 Å². The van der Waals surface area contributed by atoms with Gasteiger partial charge in [0.15, 0.2) is 0 Å². The standard InChI is InChI=1S/C17H27NO/c1-12-8-9-15(19-5)14(11-12)13(2)18-16-7-6-10-17(16,3)4/h8-9,11,13,16,18H,6-7,10H2,1-5H3. The zero-order valence-electron chi connectivity index (χ0n) is 12.9. The minimum Gasteiger partial charge on any atom is -0.496 e. The highest BCUT2D eigenvalue weighted by molar-refractivity contribution is 5.39. The average Bonchev–Trinajstić information content (AvgIpc) is 2.68. The summed E-state index contributed by atoms with van der Waals surface area (Å²) in [4.78, 5) is 0. The van der Waals surface area contributed by atoms with Crippen LogP contribution in [0.1, 0.15) is 57.2 Å². The molecule has 0 aliphatic heterocycles. The largest absolute Gasteiger partial charge is 0.496 e. The molecule has 1 N–H and O–H groups in total. The summed E-state index contributed by atoms with van der Waals surface area (Å²) in [5.41, 5.74) is 2.96. The quantitative estimate of drug-likeness (QED) is 0.875. The maximum Gasteiger partial charge on any atom is 0.123 e. The second-order valence-electron chi connectivity index (χ2n) is 6.57. The van der Waals surface area contributed by atoms with Crippen molar-refractivity contribution in [2.45, 2.75) is 59.0 Å². The molecule has 2 rings (SSSR count). The van der Waals surface area contributed by atoms with Crippen LogP contribution in [0.15, 0.2) is 18.2 Å². The third-order valence-electron chi connectivity index (χ3n) is 4.56. The van der Waals surface area contributed by atoms with Gasteiger partial charge in [-0.3, -0.25) is 0 Å². The van der Waals surface area contributed by atoms with Crippen molar-refractivity contribution < 1.29 is 4.74 Å². The van der Waals surface area contributed by atoms with Crippen LogP contribution in [0.2, 0.25) is 0 Å². The first-order valence-electron chi connectivity index (χ1n) is 7.34. The van der Waals surface area contributed by atoms with E-state index in [9.17, 15) is 0 Å². The monoisotopic (exact) mass is 261 g/mol. The molecule has 2 atom stereocenters. The summed E-state index contributed by atoms with van der Waals surface area (Å²) in [6.45, 7) is 9.12. The first-order valence-corrected chi connectivity index (χ1v) is 7.34. The molecule has 1 aromatic carbocycles. The smallest absolute Gasteiger partial charge is 0.123 e. The fraction of sp³-hybridized carbons (Fsp3) is 0.647. The van der Waals surface area contributed by atoms with Gasteiger partial charge < -0.3 is 10.1 Å². The average molecular weight is 261 g/mol. The Hall–Kier alpha value is -1.02. The summed E-state index contributed by atoms with van der Waals surface area (Å²) in [6.07, 6.45) is 3.94. The van der Waals surface area contributed by atoms with Gasteiger partial charge in [-0.25, -0.2) is 0 Å². The van der Waals surface area contributed by atoms with Crippen molar-refractivity contribution >= 4 is 0 Å². The summed E-state index contributed by atoms with van der Waals surface area (Å²) < 4.78 is 5.50. The van der Waals surface area contributed by atoms with Crippen LogP contribution in [-0.4, -0.2) is 13.2 Å². The number of rotatable bonds is 4. The molecule has 2 heteroatoms. The van der Waals surface area contributed by atoms with Crippen LogP contribution in [-0.2, 0) is 0 Å². The van der Waals surface area contributed by atoms with Crippen LogP contribution in [0, 0.1) is 12.3 Å². The molecule has 0 amide bonds. The lowest BCUT2D eigenvalue weighted by molar-refractivity contribution is 0.264. The summed E-state index contributed by atoms with van der Waals surface area (Å²) in [7, 11) is 1.75. The van der Waals surface area contributed by atoms with Gasteiger partial charge in [0.1, 0.15) is 5.75 Å². The lowest BCUT2D eigenvalue weighted by Gasteiger charge is -2.31. The molecule has 0 aromatic heterocycles. The van der Waals surface area contributed by atoms with Crippen LogP contribution in [0.5, 0.6) is 5.75 Å². The van der Waals surface area contributed by atoms with Gasteiger partial charge in [-0.1, -0.05) is 38.0 Å². The van der Waals surface area contributed by atoms with E-state index in [1.54, 1.807) is 7.11 Å². The van der Waals surface area contributed by atoms with Crippen molar-refractivity contribution in [2.24, 2.45) is 5.41 Å². The van der Waals surface area contributed by atoms with Crippen LogP contribution in [0.4, 0.5) is 0 Å². The Labute approximate surface area is 117 Å². The Morgan fingerprint density at radius 2 is 2.11 bits per heavy atom. The van der Waals surface area contributed by atoms with E-state index in [-0.39, 0.29) is 0 Å². The number of hydrogen-bond acceptors (Lipinski definition) is 2. The zero-order chi connectivity index (χ0) is 14.0. The number of aryl methyl sites for hydroxylation is 1. The Morgan fingerprint density at radius 3 is 2.68 bits per heavy atom. The van der Waals surface area contributed by atoms with Gasteiger partial charge in [-0.15, -0.1) is 0 Å². The molecule has 0 bridgehead atoms. The fourth-order valence-electron chi connectivity index (χ4n) is 3.22. The minimum atomic E-state index is 0.331. The number of nitrogens with one attached hydrogen (secondary N) is 1. The highest BCUT2D eigenvalue weighted by atomic mass is 16.5. The molecule has 2 nitrogen and oxygen atoms in total. The molecule has 106 valence electrons. The third-order valence-corrected chi connectivity index (χ3v) is 4.56. The molecule has 1 aliphatic carbocycles. The molecular formula is C17H27NO. The number of ether oxygens (including phenoxy) is 1. The lowest BCUT2D eigenvalue weighted by Crippen LogP contribution is -2.39. The SMILES string of the molecule is COc1ccc(C)cc1C(C)NC1CCCC1(C)C. The van der Waals surface area contributed by atoms with Gasteiger partial charge in [0, 0.05) is 17.6 Å². The second kappa shape index (κ2) is 5.54. The Morgan fingerprint density at radius 1 is 1.37 bits per heavy atom. The van der Waals surface area contributed by atoms with Gasteiger partial charge in [0.25, 0.3) is 0 Å². The molecule has 0 radical (unpaired) electrons. The Balaban J connectivity index is 2.15. The van der Waals surface area contributed by atoms with Crippen LogP contribution in [0.3, 0.4) is 0 Å². The summed E-state index contributed by atoms with van der Waals surface area (Å²) >= 11 is 0. The molecule has 1 saturated carbocycles. The number of methoxy groups -OCH3 is 1. The van der Waals surface area contributed by atoms with E-state index in [1.807, 2.05) is 0 Å². The van der Waals surface area contributed by atoms with Gasteiger partial charge in [-0.05, 0) is 38.2 Å². The maximum absolute atomic E-state index is 5.50. The van der Waals surface area contributed by atoms with E-state index in [2.05, 4.69) is 51.2 Å². The van der Waals surface area contributed by atoms with Crippen molar-refractivity contribution in [3.8, 4) is 5.75 Å². The summed E-state index contributed by atoms with van der Waals surface area (Å²) in [5, 5.41) is 3.81. The highest BCUT2D eigenvalue weighted by Gasteiger charge is 2.35. The minimum absolute atomic E-state index is 0.331. The molecule has 0 spiro atoms. The first-order chi connectivity index (χ1) is 8.94. The molecule has 1 aromatic rings. The van der Waals surface area contributed by atoms with Crippen LogP contribution >= 0.6 is 0 Å². The first kappa shape index (κ1) is 14.4. The number of benzene rings is 1. The molecule has 1 fully saturated rings. The Bertz CT molecular complexity index is 439. The molecule has 2 unspecified atom stereocenters. The van der Waals surface area contributed by atoms with Crippen LogP contribution in [0.25, 0.3) is 0 Å². The molecule has 0 saturated heterocycles. The zero-order valence-corrected chi connectivity index (χ0v) is 12.9. The predicted molar refractivity (Wildman–Crippen MR) is 80.7 cm³/mol. The maximum atomic E-state index is 5.50. The Kier molecular flexibility index (Phi) is 4.19. The van der Waals surface area contributed by atoms with E-state index in [4.69, 9.17) is 4.74 Å². The third kappa shape index (κ3) is 3.11. The van der Waals surface area contributed by atoms with Gasteiger partial charge in [0.05, 0.1) is 7.11 Å². The van der Waals surface area contributed by atoms with Crippen molar-refractivity contribution in [1.82, 2.24) is 5.32 Å². The molecular weight excluding hydrogens is 234 g/mol. The van der Waals surface area contributed by atoms with Gasteiger partial charge in [-0.2, -0.15) is 0 Å². The normalized spacial score (nSPS) is 23.3. The van der Waals surface area contributed by atoms with Gasteiger partial charge >= 0.3 is 0 Å². The van der Waals surface area contributed by atoms with E-state index >= 15 is 0 Å². The van der Waals surface area contributed by atoms with E-state index in [0.29, 0.717) is 17.5 Å². The second-order valence-corrected chi connectivity index (χ2v) is 6.57. The molecule has 1 aliphatic rings. The lowest BCUT2D eigenvalue weighted by atomic mass is 9.86. The van der Waals surface area contributed by atoms with Crippen LogP contribution < -0.4 is 10.1 Å². The predicted octanol–water partition coefficient (Wildman–Crippen LogP) is 4.23. The number of hydrogen-bond donors (Lipinski definition) is 1. The highest BCUT2D eigenvalue weighted by Crippen LogP contribution is 2.39.